The summed E-state index contributed by atoms with van der Waals surface area (Å²) in [5.74, 6) is 10.8. The lowest BCUT2D eigenvalue weighted by Crippen LogP contribution is -2.41. The lowest BCUT2D eigenvalue weighted by Gasteiger charge is -2.24. The van der Waals surface area contributed by atoms with Crippen LogP contribution in [0.2, 0.25) is 0 Å². The van der Waals surface area contributed by atoms with Crippen LogP contribution in [0.1, 0.15) is 113 Å². The molecule has 3 fully saturated rings. The number of aromatic nitrogens is 6. The van der Waals surface area contributed by atoms with Crippen molar-refractivity contribution in [1.29, 1.82) is 0 Å². The summed E-state index contributed by atoms with van der Waals surface area (Å²) in [7, 11) is 1.71. The lowest BCUT2D eigenvalue weighted by atomic mass is 10.0. The van der Waals surface area contributed by atoms with Crippen LogP contribution in [0.5, 0.6) is 0 Å². The zero-order valence-electron chi connectivity index (χ0n) is 60.1. The van der Waals surface area contributed by atoms with Crippen molar-refractivity contribution >= 4 is 107 Å². The summed E-state index contributed by atoms with van der Waals surface area (Å²) < 4.78 is 44.2. The van der Waals surface area contributed by atoms with Gasteiger partial charge in [0.05, 0.1) is 76.0 Å². The van der Waals surface area contributed by atoms with Crippen LogP contribution < -0.4 is 16.0 Å². The highest BCUT2D eigenvalue weighted by Gasteiger charge is 2.34. The molecule has 9 heterocycles. The first kappa shape index (κ1) is 76.4. The van der Waals surface area contributed by atoms with E-state index in [0.717, 1.165) is 89.7 Å². The maximum Gasteiger partial charge on any atom is 0.410 e. The molecule has 0 saturated carbocycles. The molecule has 3 saturated heterocycles. The van der Waals surface area contributed by atoms with Gasteiger partial charge in [-0.25, -0.2) is 19.7 Å². The first-order valence-corrected chi connectivity index (χ1v) is 35.7. The highest BCUT2D eigenvalue weighted by Crippen LogP contribution is 2.37. The molecule has 4 N–H and O–H groups in total. The molecule has 3 unspecified atom stereocenters. The molecular weight excluding hydrogens is 1350 g/mol. The first-order chi connectivity index (χ1) is 51.5. The SMILES string of the molecule is CN(CCCOCC#Cc1ccc2c(c1)c1cccnc1n2C1CCC(=O)NC1=O)C(=O)OC(C)(C)C.O=C1CCC(n2c3ccc(C#CCOCCOCCOCc4ccccc4)cc3c3cccnc32)C(=O)N1.O=C1CCC(n2c3ccc(CCCOCCOCCO)cc3c3cccnc32)C(=O)N1. The van der Waals surface area contributed by atoms with Crippen LogP contribution in [0, 0.1) is 23.7 Å². The van der Waals surface area contributed by atoms with Crippen molar-refractivity contribution in [2.24, 2.45) is 0 Å². The fraction of sp³-hybridized carbons (Fsp3) is 0.383. The van der Waals surface area contributed by atoms with Gasteiger partial charge >= 0.3 is 6.09 Å². The van der Waals surface area contributed by atoms with Gasteiger partial charge in [-0.1, -0.05) is 60.1 Å². The third-order valence-corrected chi connectivity index (χ3v) is 17.8. The molecule has 25 nitrogen and oxygen atoms in total. The normalized spacial score (nSPS) is 16.0. The smallest absolute Gasteiger partial charge is 0.410 e. The van der Waals surface area contributed by atoms with E-state index in [1.165, 1.54) is 10.5 Å². The van der Waals surface area contributed by atoms with Crippen molar-refractivity contribution in [3.05, 3.63) is 162 Å². The molecule has 3 aliphatic rings. The van der Waals surface area contributed by atoms with Gasteiger partial charge in [0, 0.05) is 108 Å². The van der Waals surface area contributed by atoms with Gasteiger partial charge in [-0.2, -0.15) is 0 Å². The van der Waals surface area contributed by atoms with Crippen molar-refractivity contribution in [2.45, 2.75) is 109 Å². The average Bonchev–Trinajstić information content (AvgIpc) is 1.61. The molecule has 4 aromatic carbocycles. The third-order valence-electron chi connectivity index (χ3n) is 17.8. The predicted molar refractivity (Wildman–Crippen MR) is 399 cm³/mol. The third kappa shape index (κ3) is 20.0. The number of hydrogen-bond donors (Lipinski definition) is 4. The largest absolute Gasteiger partial charge is 0.444 e. The quantitative estimate of drug-likeness (QED) is 0.0223. The van der Waals surface area contributed by atoms with Gasteiger partial charge in [-0.05, 0) is 155 Å². The fourth-order valence-electron chi connectivity index (χ4n) is 12.9. The van der Waals surface area contributed by atoms with Crippen molar-refractivity contribution in [3.8, 4) is 23.7 Å². The van der Waals surface area contributed by atoms with Crippen LogP contribution in [0.15, 0.2) is 140 Å². The number of pyridine rings is 3. The second kappa shape index (κ2) is 37.3. The summed E-state index contributed by atoms with van der Waals surface area (Å²) in [5, 5.41) is 21.9. The second-order valence-electron chi connectivity index (χ2n) is 26.6. The molecule has 0 aliphatic carbocycles. The number of hydrogen-bond acceptors (Lipinski definition) is 18. The molecule has 3 atom stereocenters. The van der Waals surface area contributed by atoms with Crippen LogP contribution in [0.3, 0.4) is 0 Å². The molecule has 3 aliphatic heterocycles. The van der Waals surface area contributed by atoms with Gasteiger partial charge in [-0.15, -0.1) is 0 Å². The van der Waals surface area contributed by atoms with E-state index < -0.39 is 23.7 Å². The maximum absolute atomic E-state index is 12.6. The average molecular weight is 1440 g/mol. The van der Waals surface area contributed by atoms with E-state index in [9.17, 15) is 33.6 Å². The van der Waals surface area contributed by atoms with Crippen molar-refractivity contribution in [2.75, 3.05) is 92.9 Å². The fourth-order valence-corrected chi connectivity index (χ4v) is 12.9. The number of ether oxygens (including phenoxy) is 7. The van der Waals surface area contributed by atoms with Gasteiger partial charge in [-0.3, -0.25) is 44.7 Å². The van der Waals surface area contributed by atoms with E-state index in [-0.39, 0.29) is 54.8 Å². The Morgan fingerprint density at radius 1 is 0.491 bits per heavy atom. The number of rotatable bonds is 26. The number of carbonyl (C=O) groups excluding carboxylic acids is 7. The highest BCUT2D eigenvalue weighted by molar-refractivity contribution is 6.12. The number of benzene rings is 4. The minimum absolute atomic E-state index is 0.0257. The molecule has 0 radical (unpaired) electrons. The monoisotopic (exact) mass is 1440 g/mol. The molecule has 13 rings (SSSR count). The van der Waals surface area contributed by atoms with Crippen LogP contribution >= 0.6 is 0 Å². The Kier molecular flexibility index (Phi) is 26.9. The number of aliphatic hydroxyl groups excluding tert-OH is 1. The maximum atomic E-state index is 12.6. The molecule has 10 aromatic rings. The van der Waals surface area contributed by atoms with Gasteiger partial charge in [0.2, 0.25) is 35.4 Å². The van der Waals surface area contributed by atoms with Gasteiger partial charge < -0.3 is 56.9 Å². The summed E-state index contributed by atoms with van der Waals surface area (Å²) in [5.41, 5.74) is 8.39. The number of piperidine rings is 3. The van der Waals surface area contributed by atoms with Gasteiger partial charge in [0.15, 0.2) is 0 Å². The standard InChI is InChI=1S/C30H29N3O5.C28H32N4O5.C23H27N3O5/c34-28-13-12-27(30(35)32-28)33-26-11-10-22(20-25(26)24-9-4-14-31-29(24)33)8-5-15-36-16-17-37-18-19-38-21-23-6-2-1-3-7-23;1-28(2,3)37-27(35)31(4)15-7-17-36-16-6-8-19-10-11-22-21(18-19)20-9-5-14-29-25(20)32(22)23-12-13-24(33)30-26(23)34;27-10-12-31-14-13-30-11-2-3-16-5-6-19-18(15-16)17-4-1-9-24-22(17)26(19)20-7-8-21(28)25-23(20)29/h1-4,6-7,9-11,14,20,27H,12-13,15-19,21H2,(H,32,34,35);5,9-11,14,18,23H,7,12-13,15-17H2,1-4H3,(H,30,33,34);1,4-6,9,15,20,27H,2-3,7-8,10-14H2,(H,25,28,29). The van der Waals surface area contributed by atoms with Crippen molar-refractivity contribution in [3.63, 3.8) is 0 Å². The van der Waals surface area contributed by atoms with Crippen molar-refractivity contribution < 1.29 is 71.8 Å². The summed E-state index contributed by atoms with van der Waals surface area (Å²) in [6.07, 6.45) is 9.51. The Balaban J connectivity index is 0.000000160. The number of amides is 7. The van der Waals surface area contributed by atoms with E-state index in [1.807, 2.05) is 144 Å². The zero-order chi connectivity index (χ0) is 74.4. The Bertz CT molecular complexity index is 4920. The summed E-state index contributed by atoms with van der Waals surface area (Å²) in [6, 6.07) is 38.2. The van der Waals surface area contributed by atoms with Gasteiger partial charge in [0.1, 0.15) is 53.9 Å². The minimum Gasteiger partial charge on any atom is -0.444 e. The Hall–Kier alpha value is -10.7. The zero-order valence-corrected chi connectivity index (χ0v) is 60.1. The van der Waals surface area contributed by atoms with Crippen LogP contribution in [-0.2, 0) is 75.0 Å². The van der Waals surface area contributed by atoms with Crippen LogP contribution in [0.25, 0.3) is 65.8 Å². The van der Waals surface area contributed by atoms with E-state index in [2.05, 4.69) is 66.7 Å². The number of imide groups is 3. The summed E-state index contributed by atoms with van der Waals surface area (Å²) in [6.45, 7) is 11.7. The second-order valence-corrected chi connectivity index (χ2v) is 26.6. The van der Waals surface area contributed by atoms with Crippen LogP contribution in [-0.4, -0.2) is 179 Å². The van der Waals surface area contributed by atoms with Crippen LogP contribution in [0.4, 0.5) is 4.79 Å². The molecule has 106 heavy (non-hydrogen) atoms. The van der Waals surface area contributed by atoms with Crippen molar-refractivity contribution in [1.82, 2.24) is 49.5 Å². The first-order valence-electron chi connectivity index (χ1n) is 35.7. The number of aryl methyl sites for hydroxylation is 1. The summed E-state index contributed by atoms with van der Waals surface area (Å²) >= 11 is 0. The molecule has 7 amide bonds. The van der Waals surface area contributed by atoms with E-state index in [0.29, 0.717) is 130 Å². The highest BCUT2D eigenvalue weighted by atomic mass is 16.6. The van der Waals surface area contributed by atoms with Gasteiger partial charge in [0.25, 0.3) is 0 Å². The van der Waals surface area contributed by atoms with E-state index in [4.69, 9.17) is 38.3 Å². The minimum atomic E-state index is -0.517. The number of aliphatic hydroxyl groups is 1. The molecular formula is C81H88N10O15. The topological polar surface area (TPSA) is 297 Å². The molecule has 552 valence electrons. The van der Waals surface area contributed by atoms with E-state index in [1.54, 1.807) is 25.6 Å². The summed E-state index contributed by atoms with van der Waals surface area (Å²) in [4.78, 5) is 99.7. The Labute approximate surface area is 613 Å². The Morgan fingerprint density at radius 2 is 0.915 bits per heavy atom. The molecule has 25 heteroatoms. The Morgan fingerprint density at radius 3 is 1.39 bits per heavy atom. The number of carbonyl (C=O) groups is 7. The number of fused-ring (bicyclic) bond motifs is 9. The number of nitrogens with zero attached hydrogens (tertiary/aromatic N) is 7. The molecule has 0 spiro atoms. The van der Waals surface area contributed by atoms with E-state index >= 15 is 0 Å². The molecule has 0 bridgehead atoms. The lowest BCUT2D eigenvalue weighted by molar-refractivity contribution is -0.137. The predicted octanol–water partition coefficient (Wildman–Crippen LogP) is 9.69. The number of nitrogens with one attached hydrogen (secondary N) is 3. The molecule has 6 aromatic heterocycles.